The molecule has 0 heterocycles. The third kappa shape index (κ3) is 3.93. The lowest BCUT2D eigenvalue weighted by Gasteiger charge is -2.01. The molecule has 0 aliphatic rings. The van der Waals surface area contributed by atoms with Crippen molar-refractivity contribution < 1.29 is 18.0 Å². The molecule has 0 aromatic heterocycles. The summed E-state index contributed by atoms with van der Waals surface area (Å²) in [4.78, 5) is 9.16. The Morgan fingerprint density at radius 3 is 2.33 bits per heavy atom. The second kappa shape index (κ2) is 4.63. The normalized spacial score (nSPS) is 11.5. The minimum absolute atomic E-state index is 0.0308. The van der Waals surface area contributed by atoms with Crippen molar-refractivity contribution in [2.45, 2.75) is 5.51 Å². The first-order valence-electron chi connectivity index (χ1n) is 3.56. The van der Waals surface area contributed by atoms with Gasteiger partial charge in [-0.15, -0.1) is 0 Å². The van der Waals surface area contributed by atoms with Crippen LogP contribution < -0.4 is 0 Å². The first-order valence-corrected chi connectivity index (χ1v) is 5.14. The average molecular weight is 276 g/mol. The molecular weight excluding hydrogens is 272 g/mol. The average Bonchev–Trinajstić information content (AvgIpc) is 1.99. The summed E-state index contributed by atoms with van der Waals surface area (Å²) in [5, 5.41) is -0.644. The Morgan fingerprint density at radius 1 is 1.27 bits per heavy atom. The van der Waals surface area contributed by atoms with Gasteiger partial charge in [0.05, 0.1) is 16.8 Å². The number of thioether (sulfide) groups is 1. The predicted octanol–water partition coefficient (Wildman–Crippen LogP) is 4.10. The van der Waals surface area contributed by atoms with Crippen LogP contribution in [-0.2, 0) is 0 Å². The third-order valence-electron chi connectivity index (χ3n) is 1.37. The van der Waals surface area contributed by atoms with Gasteiger partial charge in [-0.25, -0.2) is 0 Å². The summed E-state index contributed by atoms with van der Waals surface area (Å²) in [7, 11) is 0. The Kier molecular flexibility index (Phi) is 3.92. The Balaban J connectivity index is 2.92. The van der Waals surface area contributed by atoms with Crippen LogP contribution in [0.25, 0.3) is 0 Å². The monoisotopic (exact) mass is 275 g/mol. The zero-order valence-corrected chi connectivity index (χ0v) is 9.31. The summed E-state index contributed by atoms with van der Waals surface area (Å²) < 4.78 is 35.7. The maximum Gasteiger partial charge on any atom is 0.454 e. The smallest absolute Gasteiger partial charge is 0.266 e. The lowest BCUT2D eigenvalue weighted by Crippen LogP contribution is -2.08. The van der Waals surface area contributed by atoms with E-state index in [9.17, 15) is 13.2 Å². The van der Waals surface area contributed by atoms with Crippen molar-refractivity contribution in [1.82, 2.24) is 0 Å². The van der Waals surface area contributed by atoms with E-state index >= 15 is 0 Å². The minimum Gasteiger partial charge on any atom is -0.266 e. The molecule has 0 aliphatic heterocycles. The molecule has 0 spiro atoms. The first-order chi connectivity index (χ1) is 6.79. The van der Waals surface area contributed by atoms with E-state index in [0.29, 0.717) is 0 Å². The van der Waals surface area contributed by atoms with Gasteiger partial charge in [0.1, 0.15) is 5.56 Å². The van der Waals surface area contributed by atoms with Crippen molar-refractivity contribution >= 4 is 40.1 Å². The van der Waals surface area contributed by atoms with Crippen LogP contribution in [0.15, 0.2) is 18.2 Å². The van der Waals surface area contributed by atoms with E-state index < -0.39 is 22.4 Å². The Morgan fingerprint density at radius 2 is 1.87 bits per heavy atom. The molecule has 0 aliphatic carbocycles. The molecule has 1 N–H and O–H groups in total. The fourth-order valence-corrected chi connectivity index (χ4v) is 1.89. The summed E-state index contributed by atoms with van der Waals surface area (Å²) in [6.45, 7) is 0. The fraction of sp³-hybridized carbons (Fsp3) is 0.125. The largest absolute Gasteiger partial charge is 0.454 e. The van der Waals surface area contributed by atoms with E-state index in [-0.39, 0.29) is 15.6 Å². The topological polar surface area (TPSA) is 21.4 Å². The van der Waals surface area contributed by atoms with E-state index in [4.69, 9.17) is 28.0 Å². The van der Waals surface area contributed by atoms with Crippen molar-refractivity contribution in [3.8, 4) is 0 Å². The molecule has 0 saturated heterocycles. The molecule has 82 valence electrons. The Labute approximate surface area is 97.5 Å². The van der Waals surface area contributed by atoms with E-state index in [1.54, 1.807) is 0 Å². The number of alkyl halides is 3. The van der Waals surface area contributed by atoms with Gasteiger partial charge in [-0.2, -0.15) is 13.2 Å². The fourth-order valence-electron chi connectivity index (χ4n) is 0.828. The van der Waals surface area contributed by atoms with E-state index in [1.807, 2.05) is 0 Å². The second-order valence-electron chi connectivity index (χ2n) is 2.48. The summed E-state index contributed by atoms with van der Waals surface area (Å²) >= 11 is 10.5. The molecule has 0 atom stereocenters. The molecular formula is C8H4Cl2F3OS+. The summed E-state index contributed by atoms with van der Waals surface area (Å²) in [5.74, 6) is 0. The van der Waals surface area contributed by atoms with Crippen molar-refractivity contribution in [3.05, 3.63) is 33.8 Å². The highest BCUT2D eigenvalue weighted by molar-refractivity contribution is 8.14. The Hall–Kier alpha value is -0.390. The first kappa shape index (κ1) is 12.7. The number of rotatable bonds is 1. The molecule has 0 amide bonds. The number of carbonyl (C=O) groups excluding carboxylic acids is 1. The highest BCUT2D eigenvalue weighted by Gasteiger charge is 2.37. The highest BCUT2D eigenvalue weighted by Crippen LogP contribution is 2.34. The molecule has 1 aromatic carbocycles. The summed E-state index contributed by atoms with van der Waals surface area (Å²) in [6.07, 6.45) is 0. The minimum atomic E-state index is -4.55. The van der Waals surface area contributed by atoms with Crippen molar-refractivity contribution in [1.29, 1.82) is 0 Å². The number of halogens is 5. The van der Waals surface area contributed by atoms with E-state index in [2.05, 4.69) is 0 Å². The van der Waals surface area contributed by atoms with Crippen LogP contribution in [0.3, 0.4) is 0 Å². The van der Waals surface area contributed by atoms with Gasteiger partial charge in [-0.3, -0.25) is 4.79 Å². The van der Waals surface area contributed by atoms with Gasteiger partial charge in [-0.05, 0) is 18.2 Å². The van der Waals surface area contributed by atoms with Crippen LogP contribution in [0.1, 0.15) is 5.56 Å². The lowest BCUT2D eigenvalue weighted by molar-refractivity contribution is -0.0316. The molecule has 1 nitrogen and oxygen atoms in total. The van der Waals surface area contributed by atoms with Gasteiger partial charge in [0, 0.05) is 5.02 Å². The van der Waals surface area contributed by atoms with Gasteiger partial charge in [0.2, 0.25) is 0 Å². The van der Waals surface area contributed by atoms with E-state index in [1.165, 1.54) is 18.2 Å². The second-order valence-corrected chi connectivity index (χ2v) is 4.37. The maximum atomic E-state index is 11.9. The molecule has 0 saturated carbocycles. The zero-order chi connectivity index (χ0) is 11.6. The van der Waals surface area contributed by atoms with Gasteiger partial charge < -0.3 is 0 Å². The standard InChI is InChI=1S/C8H3Cl2F3OS/c9-4-1-2-5(6(10)3-4)7(14)15-8(11,12)13/h1-3H/p+1. The number of hydrogen-bond donors (Lipinski definition) is 0. The van der Waals surface area contributed by atoms with Crippen LogP contribution in [0.2, 0.25) is 10.0 Å². The molecule has 15 heavy (non-hydrogen) atoms. The van der Waals surface area contributed by atoms with Crippen LogP contribution >= 0.6 is 35.0 Å². The van der Waals surface area contributed by atoms with Gasteiger partial charge in [0.15, 0.2) is 0 Å². The SMILES string of the molecule is [OH+]=C(SC(F)(F)F)c1ccc(Cl)cc1Cl. The van der Waals surface area contributed by atoms with Gasteiger partial charge in [0.25, 0.3) is 0 Å². The quantitative estimate of drug-likeness (QED) is 0.707. The van der Waals surface area contributed by atoms with Crippen LogP contribution in [0.4, 0.5) is 13.2 Å². The summed E-state index contributed by atoms with van der Waals surface area (Å²) in [5.41, 5.74) is -4.64. The molecule has 0 radical (unpaired) electrons. The molecule has 0 bridgehead atoms. The van der Waals surface area contributed by atoms with Crippen LogP contribution in [0.5, 0.6) is 0 Å². The van der Waals surface area contributed by atoms with E-state index in [0.717, 1.165) is 0 Å². The Bertz CT molecular complexity index is 392. The number of benzene rings is 1. The molecule has 0 fully saturated rings. The van der Waals surface area contributed by atoms with Crippen LogP contribution in [-0.4, -0.2) is 15.4 Å². The molecule has 7 heteroatoms. The van der Waals surface area contributed by atoms with Crippen molar-refractivity contribution in [3.63, 3.8) is 0 Å². The third-order valence-corrected chi connectivity index (χ3v) is 2.57. The van der Waals surface area contributed by atoms with Gasteiger partial charge >= 0.3 is 10.6 Å². The molecule has 1 rings (SSSR count). The maximum absolute atomic E-state index is 11.9. The predicted molar refractivity (Wildman–Crippen MR) is 56.2 cm³/mol. The molecule has 0 unspecified atom stereocenters. The zero-order valence-electron chi connectivity index (χ0n) is 6.98. The number of hydrogen-bond acceptors (Lipinski definition) is 1. The van der Waals surface area contributed by atoms with Crippen LogP contribution in [0, 0.1) is 0 Å². The summed E-state index contributed by atoms with van der Waals surface area (Å²) in [6, 6.07) is 3.82. The highest BCUT2D eigenvalue weighted by atomic mass is 35.5. The molecule has 1 aromatic rings. The lowest BCUT2D eigenvalue weighted by atomic mass is 10.2. The van der Waals surface area contributed by atoms with Gasteiger partial charge in [-0.1, -0.05) is 23.2 Å². The van der Waals surface area contributed by atoms with Crippen molar-refractivity contribution in [2.24, 2.45) is 0 Å². The van der Waals surface area contributed by atoms with Crippen molar-refractivity contribution in [2.75, 3.05) is 0 Å².